The van der Waals surface area contributed by atoms with Gasteiger partial charge in [0.05, 0.1) is 58.4 Å². The molecular weight excluding hydrogens is 1320 g/mol. The normalized spacial score (nSPS) is 46.0. The summed E-state index contributed by atoms with van der Waals surface area (Å²) in [5, 5.41) is 239. The van der Waals surface area contributed by atoms with E-state index in [1.54, 1.807) is 0 Å². The molecule has 0 unspecified atom stereocenters. The number of aliphatic carboxylic acids is 1. The molecular formula is C53H88N4O39. The minimum Gasteiger partial charge on any atom is -0.477 e. The number of nitrogens with one attached hydrogen (secondary N) is 4. The van der Waals surface area contributed by atoms with E-state index >= 15 is 0 Å². The Bertz CT molecular complexity index is 2540. The van der Waals surface area contributed by atoms with Crippen molar-refractivity contribution in [1.82, 2.24) is 21.3 Å². The zero-order chi connectivity index (χ0) is 71.3. The van der Waals surface area contributed by atoms with Crippen LogP contribution in [-0.4, -0.2) is 403 Å². The molecule has 0 aromatic heterocycles. The van der Waals surface area contributed by atoms with Gasteiger partial charge >= 0.3 is 5.97 Å². The number of carboxylic acid groups (broad SMARTS) is 1. The summed E-state index contributed by atoms with van der Waals surface area (Å²) in [6, 6.07) is -6.93. The SMILES string of the molecule is CC(=O)N[C@@H]1[C@@H](O)[C@H](O[C@@H]2O[C@H](CO)[C@@H](O[C@@H]3O[C@H](CO)[C@@H](O)[C@H](O[C@H]4O[C@H](CO)[C@@H](O)[C@H](O)[C@@H]4O[C@@H]4O[C@H](CO)[C@@H](O[C@@H]5O[C@H](CO[C@]6(C(=O)O)C[C@H](O)[C@@H](NC(C)=O)[C@H]([C@@H](O)[C@H](O)CO)O6)[C@H](O)[C@H](O)[C@H]5O)[C@H](O)[C@H]4NC(C)=O)[C@@H]3O)[C@H](O)[C@H]2NC(C)=O)[C@@H](CO)O[C@H]1O. The number of amides is 4. The lowest BCUT2D eigenvalue weighted by Gasteiger charge is -2.51. The molecule has 36 atom stereocenters. The minimum atomic E-state index is -3.03. The summed E-state index contributed by atoms with van der Waals surface area (Å²) in [6.07, 6.45) is -64.7. The monoisotopic (exact) mass is 1400 g/mol. The number of hydrogen-bond acceptors (Lipinski definition) is 38. The standard InChI is InChI=1S/C53H88N4O39/c1-13(64)54-25-17(68)5-53(52(82)83,96-43(25)29(70)18(69)6-58)84-12-24-31(72)36(77)38(79)49(90-24)92-41-22(10-62)89-48(28(35(41)76)57-16(4)67)95-45-37(78)30(71)19(7-59)87-51(45)94-44-32(73)20(8-60)86-50(39(44)80)93-42-23(11-63)88-47(27(34(42)75)56-15(3)66)91-40-21(9-61)85-46(81)26(33(40)74)55-14(2)65/h17-51,58-63,68-81H,5-12H2,1-4H3,(H,54,64)(H,55,65)(H,56,66)(H,57,67)(H,82,83)/t17-,18+,19+,20+,21+,22+,23+,24+,25+,26+,27+,28+,29-,30+,31-,32+,33+,34+,35+,36-,37-,38+,39-,40+,41+,42+,43+,44-,45-,46+,47-,48-,49-,50-,51+,53+/m0/s1. The Balaban J connectivity index is 1.10. The van der Waals surface area contributed by atoms with Gasteiger partial charge in [-0.25, -0.2) is 4.79 Å². The Kier molecular flexibility index (Phi) is 28.2. The summed E-state index contributed by atoms with van der Waals surface area (Å²) < 4.78 is 75.4. The molecule has 0 aromatic rings. The smallest absolute Gasteiger partial charge is 0.364 e. The molecule has 25 N–H and O–H groups in total. The molecule has 7 fully saturated rings. The van der Waals surface area contributed by atoms with Crippen molar-refractivity contribution in [3.8, 4) is 0 Å². The summed E-state index contributed by atoms with van der Waals surface area (Å²) in [5.74, 6) is -8.40. The highest BCUT2D eigenvalue weighted by atomic mass is 16.8. The van der Waals surface area contributed by atoms with Crippen molar-refractivity contribution in [2.24, 2.45) is 0 Å². The molecule has 96 heavy (non-hydrogen) atoms. The Morgan fingerprint density at radius 1 is 0.417 bits per heavy atom. The highest BCUT2D eigenvalue weighted by molar-refractivity contribution is 5.77. The molecule has 0 aliphatic carbocycles. The van der Waals surface area contributed by atoms with Gasteiger partial charge in [-0.15, -0.1) is 0 Å². The molecule has 0 radical (unpaired) electrons. The molecule has 0 bridgehead atoms. The Morgan fingerprint density at radius 2 is 0.802 bits per heavy atom. The third-order valence-corrected chi connectivity index (χ3v) is 17.1. The minimum absolute atomic E-state index is 0.736. The van der Waals surface area contributed by atoms with E-state index in [1.807, 2.05) is 0 Å². The molecule has 7 aliphatic heterocycles. The Labute approximate surface area is 543 Å². The van der Waals surface area contributed by atoms with E-state index in [9.17, 15) is 131 Å². The highest BCUT2D eigenvalue weighted by Crippen LogP contribution is 2.39. The van der Waals surface area contributed by atoms with E-state index < -0.39 is 303 Å². The number of ether oxygens (including phenoxy) is 13. The van der Waals surface area contributed by atoms with Gasteiger partial charge in [-0.3, -0.25) is 19.2 Å². The number of carbonyl (C=O) groups excluding carboxylic acids is 4. The fraction of sp³-hybridized carbons (Fsp3) is 0.906. The quantitative estimate of drug-likeness (QED) is 0.0382. The average molecular weight is 1410 g/mol. The first-order valence-corrected chi connectivity index (χ1v) is 30.2. The highest BCUT2D eigenvalue weighted by Gasteiger charge is 2.61. The number of rotatable bonds is 26. The first kappa shape index (κ1) is 79.4. The van der Waals surface area contributed by atoms with E-state index in [1.165, 1.54) is 0 Å². The van der Waals surface area contributed by atoms with Crippen LogP contribution in [0.2, 0.25) is 0 Å². The van der Waals surface area contributed by atoms with Crippen LogP contribution in [0.3, 0.4) is 0 Å². The van der Waals surface area contributed by atoms with Gasteiger partial charge in [0, 0.05) is 34.1 Å². The van der Waals surface area contributed by atoms with Crippen molar-refractivity contribution in [2.75, 3.05) is 46.2 Å². The zero-order valence-electron chi connectivity index (χ0n) is 51.6. The molecule has 7 rings (SSSR count). The van der Waals surface area contributed by atoms with Crippen molar-refractivity contribution < 1.29 is 193 Å². The largest absolute Gasteiger partial charge is 0.477 e. The van der Waals surface area contributed by atoms with Crippen molar-refractivity contribution in [2.45, 2.75) is 254 Å². The first-order valence-electron chi connectivity index (χ1n) is 30.2. The van der Waals surface area contributed by atoms with Crippen LogP contribution in [0, 0.1) is 0 Å². The predicted octanol–water partition coefficient (Wildman–Crippen LogP) is -16.5. The molecule has 43 nitrogen and oxygen atoms in total. The average Bonchev–Trinajstić information content (AvgIpc) is 0.776. The van der Waals surface area contributed by atoms with Gasteiger partial charge < -0.3 is 190 Å². The molecule has 7 saturated heterocycles. The number of aliphatic hydroxyl groups excluding tert-OH is 20. The number of aliphatic hydroxyl groups is 20. The number of hydrogen-bond donors (Lipinski definition) is 25. The third-order valence-electron chi connectivity index (χ3n) is 17.1. The van der Waals surface area contributed by atoms with Crippen LogP contribution in [0.15, 0.2) is 0 Å². The van der Waals surface area contributed by atoms with Gasteiger partial charge in [0.2, 0.25) is 23.6 Å². The number of carbonyl (C=O) groups is 5. The van der Waals surface area contributed by atoms with Crippen LogP contribution in [-0.2, 0) is 85.6 Å². The fourth-order valence-electron chi connectivity index (χ4n) is 12.2. The fourth-order valence-corrected chi connectivity index (χ4v) is 12.2. The maximum absolute atomic E-state index is 12.9. The van der Waals surface area contributed by atoms with Crippen LogP contribution < -0.4 is 21.3 Å². The first-order chi connectivity index (χ1) is 45.2. The Morgan fingerprint density at radius 3 is 1.28 bits per heavy atom. The maximum Gasteiger partial charge on any atom is 0.364 e. The van der Waals surface area contributed by atoms with Crippen molar-refractivity contribution in [3.63, 3.8) is 0 Å². The lowest BCUT2D eigenvalue weighted by molar-refractivity contribution is -0.395. The van der Waals surface area contributed by atoms with Gasteiger partial charge in [0.25, 0.3) is 5.79 Å². The van der Waals surface area contributed by atoms with Crippen LogP contribution in [0.4, 0.5) is 0 Å². The van der Waals surface area contributed by atoms with Crippen molar-refractivity contribution in [3.05, 3.63) is 0 Å². The predicted molar refractivity (Wildman–Crippen MR) is 295 cm³/mol. The molecule has 4 amide bonds. The summed E-state index contributed by atoms with van der Waals surface area (Å²) in [4.78, 5) is 62.3. The van der Waals surface area contributed by atoms with Gasteiger partial charge in [-0.2, -0.15) is 0 Å². The molecule has 554 valence electrons. The van der Waals surface area contributed by atoms with Crippen molar-refractivity contribution in [1.29, 1.82) is 0 Å². The number of carboxylic acids is 1. The van der Waals surface area contributed by atoms with Gasteiger partial charge in [-0.05, 0) is 0 Å². The second-order valence-electron chi connectivity index (χ2n) is 24.0. The summed E-state index contributed by atoms with van der Waals surface area (Å²) >= 11 is 0. The molecule has 0 saturated carbocycles. The molecule has 43 heteroatoms. The molecule has 0 spiro atoms. The summed E-state index contributed by atoms with van der Waals surface area (Å²) in [5.41, 5.74) is 0. The van der Waals surface area contributed by atoms with Gasteiger partial charge in [-0.1, -0.05) is 0 Å². The second kappa shape index (κ2) is 34.1. The lowest BCUT2D eigenvalue weighted by atomic mass is 9.88. The zero-order valence-corrected chi connectivity index (χ0v) is 51.6. The molecule has 0 aromatic carbocycles. The summed E-state index contributed by atoms with van der Waals surface area (Å²) in [6.45, 7) is -3.72. The van der Waals surface area contributed by atoms with E-state index in [0.29, 0.717) is 0 Å². The topological polar surface area (TPSA) is 678 Å². The van der Waals surface area contributed by atoms with E-state index in [4.69, 9.17) is 61.6 Å². The lowest BCUT2D eigenvalue weighted by Crippen LogP contribution is -2.71. The van der Waals surface area contributed by atoms with Crippen LogP contribution >= 0.6 is 0 Å². The van der Waals surface area contributed by atoms with E-state index in [2.05, 4.69) is 21.3 Å². The van der Waals surface area contributed by atoms with E-state index in [0.717, 1.165) is 27.7 Å². The molecule has 7 heterocycles. The Hall–Kier alpha value is -3.97. The van der Waals surface area contributed by atoms with Crippen LogP contribution in [0.25, 0.3) is 0 Å². The van der Waals surface area contributed by atoms with Crippen LogP contribution in [0.1, 0.15) is 34.1 Å². The second-order valence-corrected chi connectivity index (χ2v) is 24.0. The third kappa shape index (κ3) is 17.5. The van der Waals surface area contributed by atoms with Gasteiger partial charge in [0.15, 0.2) is 37.7 Å². The maximum atomic E-state index is 12.9. The van der Waals surface area contributed by atoms with Crippen LogP contribution in [0.5, 0.6) is 0 Å². The van der Waals surface area contributed by atoms with Gasteiger partial charge in [0.1, 0.15) is 165 Å². The van der Waals surface area contributed by atoms with E-state index in [-0.39, 0.29) is 0 Å². The summed E-state index contributed by atoms with van der Waals surface area (Å²) in [7, 11) is 0. The molecule has 7 aliphatic rings. The van der Waals surface area contributed by atoms with Crippen molar-refractivity contribution >= 4 is 29.6 Å².